The number of ether oxygens (including phenoxy) is 2. The molecule has 0 aromatic heterocycles. The van der Waals surface area contributed by atoms with Crippen LogP contribution in [0.2, 0.25) is 5.02 Å². The molecular formula is C17H8BrClINO3S. The average Bonchev–Trinajstić information content (AvgIpc) is 3.17. The van der Waals surface area contributed by atoms with Crippen LogP contribution in [0.4, 0.5) is 0 Å². The fourth-order valence-electron chi connectivity index (χ4n) is 2.38. The van der Waals surface area contributed by atoms with Gasteiger partial charge in [-0.25, -0.2) is 4.99 Å². The van der Waals surface area contributed by atoms with Crippen LogP contribution < -0.4 is 9.47 Å². The Labute approximate surface area is 174 Å². The Hall–Kier alpha value is -1.03. The van der Waals surface area contributed by atoms with Gasteiger partial charge < -0.3 is 9.47 Å². The molecule has 4 nitrogen and oxygen atoms in total. The predicted octanol–water partition coefficient (Wildman–Crippen LogP) is 5.50. The lowest BCUT2D eigenvalue weighted by atomic mass is 10.1. The van der Waals surface area contributed by atoms with Gasteiger partial charge in [-0.1, -0.05) is 27.5 Å². The van der Waals surface area contributed by atoms with E-state index < -0.39 is 0 Å². The summed E-state index contributed by atoms with van der Waals surface area (Å²) in [6, 6.07) is 9.28. The summed E-state index contributed by atoms with van der Waals surface area (Å²) in [7, 11) is 0. The van der Waals surface area contributed by atoms with Crippen LogP contribution in [0.1, 0.15) is 11.1 Å². The first-order valence-electron chi connectivity index (χ1n) is 7.08. The molecule has 0 fully saturated rings. The molecule has 2 heterocycles. The summed E-state index contributed by atoms with van der Waals surface area (Å²) in [6.07, 6.45) is 1.73. The quantitative estimate of drug-likeness (QED) is 0.368. The van der Waals surface area contributed by atoms with Crippen molar-refractivity contribution in [3.8, 4) is 11.5 Å². The van der Waals surface area contributed by atoms with E-state index in [2.05, 4.69) is 43.5 Å². The number of benzene rings is 2. The lowest BCUT2D eigenvalue weighted by Crippen LogP contribution is -1.95. The van der Waals surface area contributed by atoms with E-state index in [9.17, 15) is 4.79 Å². The molecule has 4 rings (SSSR count). The van der Waals surface area contributed by atoms with E-state index in [4.69, 9.17) is 21.1 Å². The summed E-state index contributed by atoms with van der Waals surface area (Å²) >= 11 is 13.0. The fourth-order valence-corrected chi connectivity index (χ4v) is 4.38. The fraction of sp³-hybridized carbons (Fsp3) is 0.0588. The molecule has 0 unspecified atom stereocenters. The number of halogens is 3. The third-order valence-corrected chi connectivity index (χ3v) is 6.15. The van der Waals surface area contributed by atoms with Gasteiger partial charge in [0.1, 0.15) is 10.7 Å². The second kappa shape index (κ2) is 6.94. The van der Waals surface area contributed by atoms with Crippen molar-refractivity contribution in [2.75, 3.05) is 6.79 Å². The van der Waals surface area contributed by atoms with Crippen molar-refractivity contribution in [2.45, 2.75) is 0 Å². The van der Waals surface area contributed by atoms with Crippen molar-refractivity contribution in [3.05, 3.63) is 60.2 Å². The molecular weight excluding hydrogens is 541 g/mol. The zero-order valence-corrected chi connectivity index (χ0v) is 17.7. The Bertz CT molecular complexity index is 977. The number of hydrogen-bond donors (Lipinski definition) is 0. The average molecular weight is 549 g/mol. The van der Waals surface area contributed by atoms with Gasteiger partial charge in [0, 0.05) is 13.6 Å². The number of carbonyl (C=O) groups is 1. The molecule has 0 spiro atoms. The molecule has 2 aromatic rings. The van der Waals surface area contributed by atoms with Crippen LogP contribution in [0.5, 0.6) is 11.5 Å². The van der Waals surface area contributed by atoms with Gasteiger partial charge in [-0.05, 0) is 76.3 Å². The molecule has 0 radical (unpaired) electrons. The van der Waals surface area contributed by atoms with Gasteiger partial charge >= 0.3 is 0 Å². The molecule has 2 aromatic carbocycles. The Morgan fingerprint density at radius 1 is 1.24 bits per heavy atom. The van der Waals surface area contributed by atoms with Crippen molar-refractivity contribution >= 4 is 78.1 Å². The van der Waals surface area contributed by atoms with Gasteiger partial charge in [-0.3, -0.25) is 4.79 Å². The smallest absolute Gasteiger partial charge is 0.244 e. The van der Waals surface area contributed by atoms with Crippen LogP contribution in [0.25, 0.3) is 6.08 Å². The van der Waals surface area contributed by atoms with E-state index in [1.165, 1.54) is 0 Å². The molecule has 25 heavy (non-hydrogen) atoms. The Balaban J connectivity index is 1.73. The molecule has 0 atom stereocenters. The van der Waals surface area contributed by atoms with Crippen LogP contribution in [0, 0.1) is 3.57 Å². The predicted molar refractivity (Wildman–Crippen MR) is 112 cm³/mol. The first-order chi connectivity index (χ1) is 12.0. The van der Waals surface area contributed by atoms with Crippen molar-refractivity contribution < 1.29 is 14.3 Å². The number of thioether (sulfide) groups is 1. The van der Waals surface area contributed by atoms with Crippen LogP contribution in [0.3, 0.4) is 0 Å². The summed E-state index contributed by atoms with van der Waals surface area (Å²) in [6.45, 7) is 0.198. The van der Waals surface area contributed by atoms with Crippen LogP contribution in [0.15, 0.2) is 45.5 Å². The Kier molecular flexibility index (Phi) is 4.83. The summed E-state index contributed by atoms with van der Waals surface area (Å²) < 4.78 is 12.6. The van der Waals surface area contributed by atoms with Crippen LogP contribution in [-0.4, -0.2) is 17.0 Å². The molecule has 0 saturated heterocycles. The minimum atomic E-state index is -0.116. The van der Waals surface area contributed by atoms with Gasteiger partial charge in [0.05, 0.1) is 5.02 Å². The largest absolute Gasteiger partial charge is 0.454 e. The standard InChI is InChI=1S/C17H8BrClINO3S/c18-11-6-15-14(23-7-24-15)4-8(11)3-13-17(22)25-16(21-13)10-5-9(20)1-2-12(10)19/h1-6H,7H2. The van der Waals surface area contributed by atoms with E-state index in [1.807, 2.05) is 30.3 Å². The van der Waals surface area contributed by atoms with Crippen molar-refractivity contribution in [2.24, 2.45) is 4.99 Å². The second-order valence-corrected chi connectivity index (χ2v) is 8.66. The van der Waals surface area contributed by atoms with Gasteiger partial charge in [0.15, 0.2) is 11.5 Å². The van der Waals surface area contributed by atoms with Crippen molar-refractivity contribution in [1.29, 1.82) is 0 Å². The van der Waals surface area contributed by atoms with E-state index in [0.29, 0.717) is 27.3 Å². The summed E-state index contributed by atoms with van der Waals surface area (Å²) in [5.74, 6) is 1.33. The first-order valence-corrected chi connectivity index (χ1v) is 10.1. The van der Waals surface area contributed by atoms with Crippen molar-refractivity contribution in [3.63, 3.8) is 0 Å². The molecule has 0 amide bonds. The second-order valence-electron chi connectivity index (χ2n) is 5.19. The van der Waals surface area contributed by atoms with Crippen LogP contribution >= 0.6 is 61.9 Å². The maximum Gasteiger partial charge on any atom is 0.244 e. The van der Waals surface area contributed by atoms with Gasteiger partial charge in [0.25, 0.3) is 0 Å². The minimum Gasteiger partial charge on any atom is -0.454 e. The van der Waals surface area contributed by atoms with E-state index >= 15 is 0 Å². The monoisotopic (exact) mass is 547 g/mol. The third-order valence-electron chi connectivity index (χ3n) is 3.56. The van der Waals surface area contributed by atoms with Crippen LogP contribution in [-0.2, 0) is 4.79 Å². The molecule has 0 bridgehead atoms. The number of hydrogen-bond acceptors (Lipinski definition) is 5. The maximum absolute atomic E-state index is 12.4. The molecule has 2 aliphatic heterocycles. The summed E-state index contributed by atoms with van der Waals surface area (Å²) in [4.78, 5) is 16.8. The highest BCUT2D eigenvalue weighted by Gasteiger charge is 2.25. The Morgan fingerprint density at radius 2 is 2.00 bits per heavy atom. The first kappa shape index (κ1) is 17.4. The molecule has 0 aliphatic carbocycles. The number of fused-ring (bicyclic) bond motifs is 1. The Morgan fingerprint density at radius 3 is 2.80 bits per heavy atom. The molecule has 8 heteroatoms. The molecule has 126 valence electrons. The zero-order valence-electron chi connectivity index (χ0n) is 12.4. The summed E-state index contributed by atoms with van der Waals surface area (Å²) in [5, 5.41) is 1.07. The van der Waals surface area contributed by atoms with Crippen molar-refractivity contribution in [1.82, 2.24) is 0 Å². The zero-order chi connectivity index (χ0) is 17.6. The molecule has 0 N–H and O–H groups in total. The van der Waals surface area contributed by atoms with E-state index in [-0.39, 0.29) is 11.9 Å². The SMILES string of the molecule is O=C1SC(c2cc(I)ccc2Cl)=NC1=Cc1cc2c(cc1Br)OCO2. The number of rotatable bonds is 2. The molecule has 2 aliphatic rings. The highest BCUT2D eigenvalue weighted by Crippen LogP contribution is 2.39. The number of nitrogens with zero attached hydrogens (tertiary/aromatic N) is 1. The van der Waals surface area contributed by atoms with Gasteiger partial charge in [0.2, 0.25) is 11.9 Å². The van der Waals surface area contributed by atoms with Gasteiger partial charge in [-0.15, -0.1) is 0 Å². The minimum absolute atomic E-state index is 0.116. The highest BCUT2D eigenvalue weighted by molar-refractivity contribution is 14.1. The number of carbonyl (C=O) groups excluding carboxylic acids is 1. The lowest BCUT2D eigenvalue weighted by Gasteiger charge is -2.02. The van der Waals surface area contributed by atoms with Gasteiger partial charge in [-0.2, -0.15) is 0 Å². The lowest BCUT2D eigenvalue weighted by molar-refractivity contribution is -0.107. The topological polar surface area (TPSA) is 47.9 Å². The maximum atomic E-state index is 12.4. The number of aliphatic imine (C=N–C) groups is 1. The van der Waals surface area contributed by atoms with E-state index in [0.717, 1.165) is 30.9 Å². The highest BCUT2D eigenvalue weighted by atomic mass is 127. The molecule has 0 saturated carbocycles. The van der Waals surface area contributed by atoms with E-state index in [1.54, 1.807) is 6.08 Å². The normalized spacial score (nSPS) is 17.3. The third kappa shape index (κ3) is 3.47. The summed E-state index contributed by atoms with van der Waals surface area (Å²) in [5.41, 5.74) is 1.93.